The van der Waals surface area contributed by atoms with Crippen molar-refractivity contribution >= 4 is 11.9 Å². The Bertz CT molecular complexity index is 408. The Labute approximate surface area is 146 Å². The lowest BCUT2D eigenvalue weighted by Gasteiger charge is -2.32. The summed E-state index contributed by atoms with van der Waals surface area (Å²) in [6, 6.07) is -0.216. The Morgan fingerprint density at radius 2 is 1.75 bits per heavy atom. The SMILES string of the molecule is CC(C)CC(=O)[C@@H](O)C[C@H](NC(=O)OC(C)(C)C)C1CCCCC1. The van der Waals surface area contributed by atoms with Crippen molar-refractivity contribution in [2.24, 2.45) is 11.8 Å². The molecule has 5 heteroatoms. The molecule has 2 N–H and O–H groups in total. The highest BCUT2D eigenvalue weighted by Crippen LogP contribution is 2.29. The zero-order valence-corrected chi connectivity index (χ0v) is 15.9. The zero-order valence-electron chi connectivity index (χ0n) is 15.9. The lowest BCUT2D eigenvalue weighted by molar-refractivity contribution is -0.128. The van der Waals surface area contributed by atoms with Crippen LogP contribution in [0.3, 0.4) is 0 Å². The van der Waals surface area contributed by atoms with Gasteiger partial charge < -0.3 is 15.2 Å². The highest BCUT2D eigenvalue weighted by molar-refractivity contribution is 5.83. The van der Waals surface area contributed by atoms with Crippen molar-refractivity contribution in [2.45, 2.75) is 97.3 Å². The highest BCUT2D eigenvalue weighted by atomic mass is 16.6. The van der Waals surface area contributed by atoms with Crippen LogP contribution < -0.4 is 5.32 Å². The summed E-state index contributed by atoms with van der Waals surface area (Å²) in [6.45, 7) is 9.39. The zero-order chi connectivity index (χ0) is 18.3. The fraction of sp³-hybridized carbons (Fsp3) is 0.895. The van der Waals surface area contributed by atoms with E-state index in [4.69, 9.17) is 4.74 Å². The molecule has 1 aliphatic rings. The minimum atomic E-state index is -1.02. The highest BCUT2D eigenvalue weighted by Gasteiger charge is 2.30. The molecule has 2 atom stereocenters. The third-order valence-electron chi connectivity index (χ3n) is 4.38. The Kier molecular flexibility index (Phi) is 8.20. The summed E-state index contributed by atoms with van der Waals surface area (Å²) in [5.74, 6) is 0.378. The molecule has 24 heavy (non-hydrogen) atoms. The van der Waals surface area contributed by atoms with Crippen LogP contribution in [0.4, 0.5) is 4.79 Å². The summed E-state index contributed by atoms with van der Waals surface area (Å²) < 4.78 is 5.35. The van der Waals surface area contributed by atoms with Crippen molar-refractivity contribution in [1.29, 1.82) is 0 Å². The molecule has 0 heterocycles. The number of alkyl carbamates (subject to hydrolysis) is 1. The summed E-state index contributed by atoms with van der Waals surface area (Å²) in [4.78, 5) is 24.2. The molecule has 5 nitrogen and oxygen atoms in total. The van der Waals surface area contributed by atoms with Crippen LogP contribution in [0.15, 0.2) is 0 Å². The van der Waals surface area contributed by atoms with Gasteiger partial charge in [-0.2, -0.15) is 0 Å². The molecular formula is C19H35NO4. The Hall–Kier alpha value is -1.10. The van der Waals surface area contributed by atoms with Crippen LogP contribution in [0, 0.1) is 11.8 Å². The smallest absolute Gasteiger partial charge is 0.407 e. The summed E-state index contributed by atoms with van der Waals surface area (Å²) in [6.07, 6.45) is 4.67. The monoisotopic (exact) mass is 341 g/mol. The Balaban J connectivity index is 2.70. The minimum absolute atomic E-state index is 0.142. The number of aliphatic hydroxyl groups excluding tert-OH is 1. The molecule has 0 saturated heterocycles. The van der Waals surface area contributed by atoms with Gasteiger partial charge in [0.25, 0.3) is 0 Å². The van der Waals surface area contributed by atoms with Gasteiger partial charge in [-0.25, -0.2) is 4.79 Å². The van der Waals surface area contributed by atoms with E-state index < -0.39 is 17.8 Å². The molecule has 0 aromatic rings. The number of carbonyl (C=O) groups excluding carboxylic acids is 2. The van der Waals surface area contributed by atoms with E-state index in [2.05, 4.69) is 5.32 Å². The van der Waals surface area contributed by atoms with E-state index in [1.54, 1.807) is 0 Å². The second-order valence-corrected chi connectivity index (χ2v) is 8.47. The summed E-state index contributed by atoms with van der Waals surface area (Å²) >= 11 is 0. The van der Waals surface area contributed by atoms with Crippen LogP contribution >= 0.6 is 0 Å². The average Bonchev–Trinajstić information content (AvgIpc) is 2.44. The fourth-order valence-electron chi connectivity index (χ4n) is 3.28. The second-order valence-electron chi connectivity index (χ2n) is 8.47. The maximum Gasteiger partial charge on any atom is 0.407 e. The molecule has 1 saturated carbocycles. The van der Waals surface area contributed by atoms with Crippen LogP contribution in [-0.4, -0.2) is 34.7 Å². The van der Waals surface area contributed by atoms with E-state index in [1.807, 2.05) is 34.6 Å². The van der Waals surface area contributed by atoms with Crippen LogP contribution in [0.2, 0.25) is 0 Å². The molecule has 0 radical (unpaired) electrons. The standard InChI is InChI=1S/C19H35NO4/c1-13(2)11-16(21)17(22)12-15(14-9-7-6-8-10-14)20-18(23)24-19(3,4)5/h13-15,17,22H,6-12H2,1-5H3,(H,20,23)/t15-,17-/m0/s1. The van der Waals surface area contributed by atoms with E-state index in [0.717, 1.165) is 25.7 Å². The predicted octanol–water partition coefficient (Wildman–Crippen LogP) is 3.83. The van der Waals surface area contributed by atoms with Gasteiger partial charge in [0.1, 0.15) is 11.7 Å². The third kappa shape index (κ3) is 8.13. The van der Waals surface area contributed by atoms with Gasteiger partial charge in [-0.1, -0.05) is 33.1 Å². The fourth-order valence-corrected chi connectivity index (χ4v) is 3.28. The number of carbonyl (C=O) groups is 2. The van der Waals surface area contributed by atoms with Crippen molar-refractivity contribution in [3.05, 3.63) is 0 Å². The number of hydrogen-bond donors (Lipinski definition) is 2. The molecule has 1 amide bonds. The second kappa shape index (κ2) is 9.40. The predicted molar refractivity (Wildman–Crippen MR) is 94.8 cm³/mol. The minimum Gasteiger partial charge on any atom is -0.444 e. The van der Waals surface area contributed by atoms with Gasteiger partial charge in [0.05, 0.1) is 0 Å². The Morgan fingerprint density at radius 1 is 1.17 bits per heavy atom. The number of hydrogen-bond acceptors (Lipinski definition) is 4. The number of Topliss-reactive ketones (excluding diaryl/α,β-unsaturated/α-hetero) is 1. The largest absolute Gasteiger partial charge is 0.444 e. The van der Waals surface area contributed by atoms with Crippen LogP contribution in [0.25, 0.3) is 0 Å². The summed E-state index contributed by atoms with van der Waals surface area (Å²) in [5, 5.41) is 13.2. The molecule has 0 spiro atoms. The number of rotatable bonds is 7. The van der Waals surface area contributed by atoms with E-state index in [9.17, 15) is 14.7 Å². The lowest BCUT2D eigenvalue weighted by Crippen LogP contribution is -2.46. The maximum absolute atomic E-state index is 12.1. The number of ketones is 1. The molecule has 1 rings (SSSR count). The van der Waals surface area contributed by atoms with Gasteiger partial charge in [-0.05, 0) is 45.4 Å². The molecule has 0 bridgehead atoms. The van der Waals surface area contributed by atoms with Crippen molar-refractivity contribution in [1.82, 2.24) is 5.32 Å². The van der Waals surface area contributed by atoms with Gasteiger partial charge in [-0.15, -0.1) is 0 Å². The number of aliphatic hydroxyl groups is 1. The maximum atomic E-state index is 12.1. The van der Waals surface area contributed by atoms with E-state index >= 15 is 0 Å². The van der Waals surface area contributed by atoms with Crippen LogP contribution in [-0.2, 0) is 9.53 Å². The van der Waals surface area contributed by atoms with Gasteiger partial charge in [0.2, 0.25) is 0 Å². The normalized spacial score (nSPS) is 19.0. The first-order valence-electron chi connectivity index (χ1n) is 9.28. The van der Waals surface area contributed by atoms with Gasteiger partial charge >= 0.3 is 6.09 Å². The molecule has 1 fully saturated rings. The summed E-state index contributed by atoms with van der Waals surface area (Å²) in [5.41, 5.74) is -0.562. The molecule has 0 aromatic carbocycles. The number of nitrogens with one attached hydrogen (secondary N) is 1. The Morgan fingerprint density at radius 3 is 2.25 bits per heavy atom. The third-order valence-corrected chi connectivity index (χ3v) is 4.38. The molecule has 0 aromatic heterocycles. The van der Waals surface area contributed by atoms with Crippen LogP contribution in [0.1, 0.15) is 79.6 Å². The molecule has 0 unspecified atom stereocenters. The first-order valence-corrected chi connectivity index (χ1v) is 9.28. The quantitative estimate of drug-likeness (QED) is 0.738. The molecule has 0 aliphatic heterocycles. The number of amides is 1. The topological polar surface area (TPSA) is 75.6 Å². The van der Waals surface area contributed by atoms with Crippen molar-refractivity contribution in [3.8, 4) is 0 Å². The molecular weight excluding hydrogens is 306 g/mol. The first kappa shape index (κ1) is 20.9. The lowest BCUT2D eigenvalue weighted by atomic mass is 9.81. The van der Waals surface area contributed by atoms with E-state index in [1.165, 1.54) is 6.42 Å². The van der Waals surface area contributed by atoms with Gasteiger partial charge in [0.15, 0.2) is 5.78 Å². The number of ether oxygens (including phenoxy) is 1. The van der Waals surface area contributed by atoms with Crippen molar-refractivity contribution < 1.29 is 19.4 Å². The van der Waals surface area contributed by atoms with Crippen molar-refractivity contribution in [3.63, 3.8) is 0 Å². The summed E-state index contributed by atoms with van der Waals surface area (Å²) in [7, 11) is 0. The molecule has 1 aliphatic carbocycles. The van der Waals surface area contributed by atoms with E-state index in [-0.39, 0.29) is 24.2 Å². The van der Waals surface area contributed by atoms with Gasteiger partial charge in [-0.3, -0.25) is 4.79 Å². The van der Waals surface area contributed by atoms with E-state index in [0.29, 0.717) is 12.3 Å². The average molecular weight is 341 g/mol. The molecule has 140 valence electrons. The van der Waals surface area contributed by atoms with Gasteiger partial charge in [0, 0.05) is 18.9 Å². The first-order chi connectivity index (χ1) is 11.1. The van der Waals surface area contributed by atoms with Crippen molar-refractivity contribution in [2.75, 3.05) is 0 Å². The van der Waals surface area contributed by atoms with Crippen LogP contribution in [0.5, 0.6) is 0 Å².